The molecule has 0 aromatic heterocycles. The van der Waals surface area contributed by atoms with Gasteiger partial charge in [0.1, 0.15) is 0 Å². The SMILES string of the molecule is CCCCC(O)CCCCCCCCO. The first kappa shape index (κ1) is 14.9. The summed E-state index contributed by atoms with van der Waals surface area (Å²) in [6, 6.07) is 0. The number of unbranched alkanes of at least 4 members (excludes halogenated alkanes) is 6. The van der Waals surface area contributed by atoms with Crippen LogP contribution in [0.2, 0.25) is 0 Å². The largest absolute Gasteiger partial charge is 0.396 e. The third-order valence-electron chi connectivity index (χ3n) is 2.84. The molecular formula is C13H28O2. The molecule has 0 aliphatic carbocycles. The van der Waals surface area contributed by atoms with Crippen molar-refractivity contribution < 1.29 is 10.2 Å². The first-order valence-electron chi connectivity index (χ1n) is 6.60. The quantitative estimate of drug-likeness (QED) is 0.520. The average molecular weight is 216 g/mol. The molecule has 0 saturated carbocycles. The molecule has 15 heavy (non-hydrogen) atoms. The minimum atomic E-state index is -0.0672. The summed E-state index contributed by atoms with van der Waals surface area (Å²) < 4.78 is 0. The van der Waals surface area contributed by atoms with E-state index in [4.69, 9.17) is 5.11 Å². The van der Waals surface area contributed by atoms with Crippen LogP contribution in [0.25, 0.3) is 0 Å². The molecule has 0 radical (unpaired) electrons. The minimum absolute atomic E-state index is 0.0672. The Balaban J connectivity index is 3.02. The summed E-state index contributed by atoms with van der Waals surface area (Å²) in [4.78, 5) is 0. The fourth-order valence-corrected chi connectivity index (χ4v) is 1.78. The molecule has 0 spiro atoms. The lowest BCUT2D eigenvalue weighted by Gasteiger charge is -2.09. The van der Waals surface area contributed by atoms with Crippen molar-refractivity contribution >= 4 is 0 Å². The van der Waals surface area contributed by atoms with Crippen LogP contribution in [0.15, 0.2) is 0 Å². The van der Waals surface area contributed by atoms with Gasteiger partial charge in [0.2, 0.25) is 0 Å². The zero-order valence-corrected chi connectivity index (χ0v) is 10.2. The van der Waals surface area contributed by atoms with Crippen LogP contribution in [0.1, 0.15) is 71.1 Å². The lowest BCUT2D eigenvalue weighted by molar-refractivity contribution is 0.148. The molecule has 0 heterocycles. The number of hydrogen-bond donors (Lipinski definition) is 2. The Kier molecular flexibility index (Phi) is 11.9. The van der Waals surface area contributed by atoms with Gasteiger partial charge in [0, 0.05) is 6.61 Å². The van der Waals surface area contributed by atoms with Crippen LogP contribution in [0, 0.1) is 0 Å². The highest BCUT2D eigenvalue weighted by Gasteiger charge is 2.02. The van der Waals surface area contributed by atoms with Crippen molar-refractivity contribution in [1.82, 2.24) is 0 Å². The van der Waals surface area contributed by atoms with Crippen molar-refractivity contribution in [3.63, 3.8) is 0 Å². The second-order valence-corrected chi connectivity index (χ2v) is 4.43. The van der Waals surface area contributed by atoms with Crippen molar-refractivity contribution in [3.05, 3.63) is 0 Å². The van der Waals surface area contributed by atoms with Crippen LogP contribution in [-0.2, 0) is 0 Å². The van der Waals surface area contributed by atoms with Gasteiger partial charge in [-0.2, -0.15) is 0 Å². The van der Waals surface area contributed by atoms with E-state index in [0.717, 1.165) is 38.5 Å². The van der Waals surface area contributed by atoms with Gasteiger partial charge >= 0.3 is 0 Å². The Morgan fingerprint density at radius 1 is 0.800 bits per heavy atom. The minimum Gasteiger partial charge on any atom is -0.396 e. The van der Waals surface area contributed by atoms with Crippen molar-refractivity contribution in [2.24, 2.45) is 0 Å². The van der Waals surface area contributed by atoms with Crippen molar-refractivity contribution in [3.8, 4) is 0 Å². The molecule has 1 unspecified atom stereocenters. The Morgan fingerprint density at radius 2 is 1.33 bits per heavy atom. The topological polar surface area (TPSA) is 40.5 Å². The highest BCUT2D eigenvalue weighted by molar-refractivity contribution is 4.56. The molecule has 0 aliphatic heterocycles. The summed E-state index contributed by atoms with van der Waals surface area (Å²) in [5.41, 5.74) is 0. The molecule has 92 valence electrons. The average Bonchev–Trinajstić information content (AvgIpc) is 2.25. The van der Waals surface area contributed by atoms with Crippen molar-refractivity contribution in [2.75, 3.05) is 6.61 Å². The molecule has 0 bridgehead atoms. The van der Waals surface area contributed by atoms with Crippen LogP contribution in [0.5, 0.6) is 0 Å². The molecule has 0 saturated heterocycles. The van der Waals surface area contributed by atoms with E-state index in [1.165, 1.54) is 25.7 Å². The Hall–Kier alpha value is -0.0800. The lowest BCUT2D eigenvalue weighted by atomic mass is 10.0. The van der Waals surface area contributed by atoms with E-state index in [9.17, 15) is 5.11 Å². The molecule has 2 N–H and O–H groups in total. The monoisotopic (exact) mass is 216 g/mol. The van der Waals surface area contributed by atoms with E-state index in [0.29, 0.717) is 6.61 Å². The van der Waals surface area contributed by atoms with Gasteiger partial charge in [-0.1, -0.05) is 51.9 Å². The number of hydrogen-bond acceptors (Lipinski definition) is 2. The first-order chi connectivity index (χ1) is 7.31. The molecule has 0 aliphatic rings. The Bertz CT molecular complexity index is 115. The van der Waals surface area contributed by atoms with Gasteiger partial charge in [-0.05, 0) is 19.3 Å². The van der Waals surface area contributed by atoms with Crippen LogP contribution in [0.4, 0.5) is 0 Å². The van der Waals surface area contributed by atoms with Gasteiger partial charge < -0.3 is 10.2 Å². The van der Waals surface area contributed by atoms with Crippen LogP contribution >= 0.6 is 0 Å². The maximum atomic E-state index is 9.59. The van der Waals surface area contributed by atoms with Gasteiger partial charge in [0.15, 0.2) is 0 Å². The van der Waals surface area contributed by atoms with E-state index in [1.807, 2.05) is 0 Å². The fraction of sp³-hybridized carbons (Fsp3) is 1.00. The summed E-state index contributed by atoms with van der Waals surface area (Å²) in [6.07, 6.45) is 11.2. The number of aliphatic hydroxyl groups excluding tert-OH is 2. The summed E-state index contributed by atoms with van der Waals surface area (Å²) in [5.74, 6) is 0. The zero-order valence-electron chi connectivity index (χ0n) is 10.2. The molecule has 0 aromatic rings. The van der Waals surface area contributed by atoms with Crippen molar-refractivity contribution in [1.29, 1.82) is 0 Å². The molecule has 2 heteroatoms. The molecule has 0 aromatic carbocycles. The first-order valence-corrected chi connectivity index (χ1v) is 6.60. The predicted octanol–water partition coefficient (Wildman–Crippen LogP) is 3.26. The highest BCUT2D eigenvalue weighted by atomic mass is 16.3. The van der Waals surface area contributed by atoms with E-state index < -0.39 is 0 Å². The Labute approximate surface area is 94.7 Å². The fourth-order valence-electron chi connectivity index (χ4n) is 1.78. The normalized spacial score (nSPS) is 13.0. The van der Waals surface area contributed by atoms with Gasteiger partial charge in [-0.3, -0.25) is 0 Å². The van der Waals surface area contributed by atoms with Crippen LogP contribution < -0.4 is 0 Å². The van der Waals surface area contributed by atoms with Crippen molar-refractivity contribution in [2.45, 2.75) is 77.2 Å². The lowest BCUT2D eigenvalue weighted by Crippen LogP contribution is -2.05. The van der Waals surface area contributed by atoms with Gasteiger partial charge in [-0.25, -0.2) is 0 Å². The summed E-state index contributed by atoms with van der Waals surface area (Å²) in [7, 11) is 0. The second kappa shape index (κ2) is 12.0. The molecular weight excluding hydrogens is 188 g/mol. The molecule has 2 nitrogen and oxygen atoms in total. The number of rotatable bonds is 11. The molecule has 0 amide bonds. The highest BCUT2D eigenvalue weighted by Crippen LogP contribution is 2.11. The van der Waals surface area contributed by atoms with Crippen LogP contribution in [0.3, 0.4) is 0 Å². The van der Waals surface area contributed by atoms with E-state index in [2.05, 4.69) is 6.92 Å². The second-order valence-electron chi connectivity index (χ2n) is 4.43. The molecule has 0 rings (SSSR count). The van der Waals surface area contributed by atoms with E-state index in [1.54, 1.807) is 0 Å². The smallest absolute Gasteiger partial charge is 0.0540 e. The zero-order chi connectivity index (χ0) is 11.4. The van der Waals surface area contributed by atoms with Gasteiger partial charge in [0.05, 0.1) is 6.10 Å². The van der Waals surface area contributed by atoms with Gasteiger partial charge in [0.25, 0.3) is 0 Å². The van der Waals surface area contributed by atoms with E-state index in [-0.39, 0.29) is 6.10 Å². The third-order valence-corrected chi connectivity index (χ3v) is 2.84. The van der Waals surface area contributed by atoms with E-state index >= 15 is 0 Å². The third kappa shape index (κ3) is 11.8. The van der Waals surface area contributed by atoms with Crippen LogP contribution in [-0.4, -0.2) is 22.9 Å². The summed E-state index contributed by atoms with van der Waals surface area (Å²) in [5, 5.41) is 18.2. The summed E-state index contributed by atoms with van der Waals surface area (Å²) in [6.45, 7) is 2.49. The van der Waals surface area contributed by atoms with Gasteiger partial charge in [-0.15, -0.1) is 0 Å². The molecule has 1 atom stereocenters. The summed E-state index contributed by atoms with van der Waals surface area (Å²) >= 11 is 0. The Morgan fingerprint density at radius 3 is 1.93 bits per heavy atom. The maximum absolute atomic E-state index is 9.59. The standard InChI is InChI=1S/C13H28O2/c1-2-3-10-13(15)11-8-6-4-5-7-9-12-14/h13-15H,2-12H2,1H3. The maximum Gasteiger partial charge on any atom is 0.0540 e. The predicted molar refractivity (Wildman–Crippen MR) is 64.9 cm³/mol. The number of aliphatic hydroxyl groups is 2. The molecule has 0 fully saturated rings.